The standard InChI is InChI=1S/C13H19N3O4/c1-2-15-11(17)12(18)16(13(15)19)10-7-9(20-14-10)8-5-3-4-6-8/h7-8,11-12,17-18H,2-6H2,1H3. The lowest BCUT2D eigenvalue weighted by Gasteiger charge is -2.16. The van der Waals surface area contributed by atoms with Gasteiger partial charge in [-0.15, -0.1) is 0 Å². The van der Waals surface area contributed by atoms with Gasteiger partial charge in [-0.3, -0.25) is 4.90 Å². The fourth-order valence-corrected chi connectivity index (χ4v) is 3.01. The van der Waals surface area contributed by atoms with Gasteiger partial charge < -0.3 is 14.7 Å². The lowest BCUT2D eigenvalue weighted by atomic mass is 10.1. The third kappa shape index (κ3) is 1.97. The molecule has 2 amide bonds. The Morgan fingerprint density at radius 1 is 1.35 bits per heavy atom. The number of carbonyl (C=O) groups is 1. The molecule has 7 nitrogen and oxygen atoms in total. The molecule has 2 heterocycles. The largest absolute Gasteiger partial charge is 0.369 e. The number of amides is 2. The Labute approximate surface area is 116 Å². The minimum Gasteiger partial charge on any atom is -0.369 e. The van der Waals surface area contributed by atoms with Crippen molar-refractivity contribution in [1.82, 2.24) is 10.1 Å². The van der Waals surface area contributed by atoms with Crippen LogP contribution in [0.3, 0.4) is 0 Å². The van der Waals surface area contributed by atoms with Crippen molar-refractivity contribution in [1.29, 1.82) is 0 Å². The predicted octanol–water partition coefficient (Wildman–Crippen LogP) is 1.23. The van der Waals surface area contributed by atoms with Crippen molar-refractivity contribution in [3.05, 3.63) is 11.8 Å². The highest BCUT2D eigenvalue weighted by atomic mass is 16.5. The summed E-state index contributed by atoms with van der Waals surface area (Å²) in [7, 11) is 0. The topological polar surface area (TPSA) is 90.0 Å². The van der Waals surface area contributed by atoms with Crippen molar-refractivity contribution in [2.24, 2.45) is 0 Å². The number of hydrogen-bond acceptors (Lipinski definition) is 5. The van der Waals surface area contributed by atoms with E-state index >= 15 is 0 Å². The molecular formula is C13H19N3O4. The first kappa shape index (κ1) is 13.4. The molecule has 2 unspecified atom stereocenters. The molecule has 0 aromatic carbocycles. The zero-order valence-corrected chi connectivity index (χ0v) is 11.4. The fraction of sp³-hybridized carbons (Fsp3) is 0.692. The molecule has 3 rings (SSSR count). The molecule has 110 valence electrons. The Morgan fingerprint density at radius 2 is 2.05 bits per heavy atom. The molecule has 1 aromatic heterocycles. The number of nitrogens with zero attached hydrogens (tertiary/aromatic N) is 3. The maximum absolute atomic E-state index is 12.1. The number of likely N-dealkylation sites (N-methyl/N-ethyl adjacent to an activating group) is 1. The van der Waals surface area contributed by atoms with Gasteiger partial charge in [0.15, 0.2) is 18.3 Å². The van der Waals surface area contributed by atoms with Crippen molar-refractivity contribution >= 4 is 11.8 Å². The summed E-state index contributed by atoms with van der Waals surface area (Å²) >= 11 is 0. The normalized spacial score (nSPS) is 27.9. The van der Waals surface area contributed by atoms with Gasteiger partial charge in [0, 0.05) is 18.5 Å². The van der Waals surface area contributed by atoms with E-state index in [1.165, 1.54) is 17.7 Å². The van der Waals surface area contributed by atoms with Crippen molar-refractivity contribution in [3.63, 3.8) is 0 Å². The monoisotopic (exact) mass is 281 g/mol. The summed E-state index contributed by atoms with van der Waals surface area (Å²) in [5.74, 6) is 1.36. The van der Waals surface area contributed by atoms with Gasteiger partial charge in [-0.2, -0.15) is 0 Å². The number of anilines is 1. The van der Waals surface area contributed by atoms with Gasteiger partial charge in [0.1, 0.15) is 5.76 Å². The molecule has 1 aliphatic carbocycles. The van der Waals surface area contributed by atoms with E-state index in [0.29, 0.717) is 12.5 Å². The Bertz CT molecular complexity index is 498. The second kappa shape index (κ2) is 5.06. The average molecular weight is 281 g/mol. The maximum atomic E-state index is 12.1. The fourth-order valence-electron chi connectivity index (χ4n) is 3.01. The Kier molecular flexibility index (Phi) is 3.39. The van der Waals surface area contributed by atoms with Crippen LogP contribution < -0.4 is 4.90 Å². The molecule has 0 spiro atoms. The zero-order chi connectivity index (χ0) is 14.3. The summed E-state index contributed by atoms with van der Waals surface area (Å²) in [4.78, 5) is 14.4. The van der Waals surface area contributed by atoms with Crippen LogP contribution in [0, 0.1) is 0 Å². The first-order chi connectivity index (χ1) is 9.63. The Hall–Kier alpha value is -1.60. The van der Waals surface area contributed by atoms with E-state index in [-0.39, 0.29) is 5.82 Å². The molecule has 20 heavy (non-hydrogen) atoms. The lowest BCUT2D eigenvalue weighted by Crippen LogP contribution is -2.37. The van der Waals surface area contributed by atoms with Crippen LogP contribution in [0.5, 0.6) is 0 Å². The summed E-state index contributed by atoms with van der Waals surface area (Å²) in [6.07, 6.45) is 1.93. The number of aromatic nitrogens is 1. The average Bonchev–Trinajstić information content (AvgIpc) is 3.12. The molecule has 2 aliphatic rings. The highest BCUT2D eigenvalue weighted by molar-refractivity contribution is 5.93. The highest BCUT2D eigenvalue weighted by Gasteiger charge is 2.45. The molecule has 1 aromatic rings. The van der Waals surface area contributed by atoms with Crippen LogP contribution in [0.15, 0.2) is 10.6 Å². The second-order valence-corrected chi connectivity index (χ2v) is 5.33. The maximum Gasteiger partial charge on any atom is 0.330 e. The van der Waals surface area contributed by atoms with Crippen LogP contribution in [0.25, 0.3) is 0 Å². The van der Waals surface area contributed by atoms with E-state index in [1.807, 2.05) is 0 Å². The van der Waals surface area contributed by atoms with Crippen molar-refractivity contribution in [2.45, 2.75) is 51.0 Å². The van der Waals surface area contributed by atoms with Crippen LogP contribution >= 0.6 is 0 Å². The number of carbonyl (C=O) groups excluding carboxylic acids is 1. The molecule has 0 radical (unpaired) electrons. The van der Waals surface area contributed by atoms with Gasteiger partial charge in [-0.25, -0.2) is 9.69 Å². The van der Waals surface area contributed by atoms with Crippen LogP contribution in [0.1, 0.15) is 44.3 Å². The lowest BCUT2D eigenvalue weighted by molar-refractivity contribution is -0.0258. The van der Waals surface area contributed by atoms with E-state index in [4.69, 9.17) is 4.52 Å². The van der Waals surface area contributed by atoms with Crippen LogP contribution in [-0.2, 0) is 0 Å². The Morgan fingerprint density at radius 3 is 2.65 bits per heavy atom. The van der Waals surface area contributed by atoms with Gasteiger partial charge in [0.25, 0.3) is 0 Å². The van der Waals surface area contributed by atoms with Gasteiger partial charge in [0.05, 0.1) is 0 Å². The summed E-state index contributed by atoms with van der Waals surface area (Å²) < 4.78 is 5.31. The molecule has 2 atom stereocenters. The van der Waals surface area contributed by atoms with E-state index in [1.54, 1.807) is 13.0 Å². The first-order valence-electron chi connectivity index (χ1n) is 7.06. The highest BCUT2D eigenvalue weighted by Crippen LogP contribution is 2.36. The number of urea groups is 1. The molecular weight excluding hydrogens is 262 g/mol. The van der Waals surface area contributed by atoms with E-state index in [9.17, 15) is 15.0 Å². The van der Waals surface area contributed by atoms with Crippen LogP contribution in [0.4, 0.5) is 10.6 Å². The zero-order valence-electron chi connectivity index (χ0n) is 11.4. The first-order valence-corrected chi connectivity index (χ1v) is 7.06. The SMILES string of the molecule is CCN1C(=O)N(c2cc(C3CCCC3)on2)C(O)C1O. The molecule has 7 heteroatoms. The molecule has 2 N–H and O–H groups in total. The molecule has 1 aliphatic heterocycles. The second-order valence-electron chi connectivity index (χ2n) is 5.33. The summed E-state index contributed by atoms with van der Waals surface area (Å²) in [6.45, 7) is 2.06. The Balaban J connectivity index is 1.83. The minimum atomic E-state index is -1.32. The van der Waals surface area contributed by atoms with Gasteiger partial charge in [-0.1, -0.05) is 18.0 Å². The molecule has 1 saturated carbocycles. The summed E-state index contributed by atoms with van der Waals surface area (Å²) in [6, 6.07) is 1.24. The smallest absolute Gasteiger partial charge is 0.330 e. The van der Waals surface area contributed by atoms with Crippen LogP contribution in [-0.4, -0.2) is 45.3 Å². The third-order valence-corrected chi connectivity index (χ3v) is 4.16. The van der Waals surface area contributed by atoms with Gasteiger partial charge in [-0.05, 0) is 19.8 Å². The third-order valence-electron chi connectivity index (χ3n) is 4.16. The van der Waals surface area contributed by atoms with Gasteiger partial charge >= 0.3 is 6.03 Å². The summed E-state index contributed by atoms with van der Waals surface area (Å²) in [5, 5.41) is 23.7. The number of aliphatic hydroxyl groups excluding tert-OH is 2. The summed E-state index contributed by atoms with van der Waals surface area (Å²) in [5.41, 5.74) is 0. The quantitative estimate of drug-likeness (QED) is 0.869. The van der Waals surface area contributed by atoms with E-state index < -0.39 is 18.5 Å². The van der Waals surface area contributed by atoms with Crippen LogP contribution in [0.2, 0.25) is 0 Å². The number of hydrogen-bond donors (Lipinski definition) is 2. The van der Waals surface area contributed by atoms with Crippen molar-refractivity contribution in [2.75, 3.05) is 11.4 Å². The predicted molar refractivity (Wildman–Crippen MR) is 70.0 cm³/mol. The van der Waals surface area contributed by atoms with E-state index in [2.05, 4.69) is 5.16 Å². The minimum absolute atomic E-state index is 0.263. The molecule has 2 fully saturated rings. The number of aliphatic hydroxyl groups is 2. The molecule has 1 saturated heterocycles. The number of rotatable bonds is 3. The van der Waals surface area contributed by atoms with Crippen molar-refractivity contribution in [3.8, 4) is 0 Å². The van der Waals surface area contributed by atoms with E-state index in [0.717, 1.165) is 23.5 Å². The van der Waals surface area contributed by atoms with Crippen molar-refractivity contribution < 1.29 is 19.5 Å². The molecule has 0 bridgehead atoms. The van der Waals surface area contributed by atoms with Gasteiger partial charge in [0.2, 0.25) is 0 Å².